The van der Waals surface area contributed by atoms with Gasteiger partial charge in [-0.05, 0) is 38.9 Å². The second-order valence-electron chi connectivity index (χ2n) is 5.91. The quantitative estimate of drug-likeness (QED) is 0.917. The summed E-state index contributed by atoms with van der Waals surface area (Å²) in [5.74, 6) is -0.127. The number of rotatable bonds is 4. The second kappa shape index (κ2) is 6.55. The Bertz CT molecular complexity index is 449. The Kier molecular flexibility index (Phi) is 5.00. The Morgan fingerprint density at radius 3 is 2.80 bits per heavy atom. The molecule has 0 amide bonds. The van der Waals surface area contributed by atoms with E-state index in [0.29, 0.717) is 12.5 Å². The van der Waals surface area contributed by atoms with Gasteiger partial charge in [-0.2, -0.15) is 0 Å². The summed E-state index contributed by atoms with van der Waals surface area (Å²) < 4.78 is 14.2. The highest BCUT2D eigenvalue weighted by molar-refractivity contribution is 5.55. The lowest BCUT2D eigenvalue weighted by Gasteiger charge is -2.41. The van der Waals surface area contributed by atoms with Gasteiger partial charge in [0.25, 0.3) is 0 Å². The van der Waals surface area contributed by atoms with Gasteiger partial charge < -0.3 is 15.5 Å². The van der Waals surface area contributed by atoms with Crippen LogP contribution in [0, 0.1) is 5.82 Å². The molecule has 2 N–H and O–H groups in total. The fourth-order valence-corrected chi connectivity index (χ4v) is 2.92. The molecule has 0 aliphatic carbocycles. The monoisotopic (exact) mass is 279 g/mol. The van der Waals surface area contributed by atoms with Crippen LogP contribution in [0.15, 0.2) is 18.2 Å². The first-order chi connectivity index (χ1) is 9.52. The minimum atomic E-state index is -0.127. The summed E-state index contributed by atoms with van der Waals surface area (Å²) in [6, 6.07) is 5.79. The van der Waals surface area contributed by atoms with Crippen LogP contribution in [0.5, 0.6) is 0 Å². The van der Waals surface area contributed by atoms with Crippen molar-refractivity contribution in [3.05, 3.63) is 29.6 Å². The molecule has 1 heterocycles. The van der Waals surface area contributed by atoms with Crippen LogP contribution in [0.3, 0.4) is 0 Å². The lowest BCUT2D eigenvalue weighted by Crippen LogP contribution is -2.51. The average Bonchev–Trinajstić information content (AvgIpc) is 2.41. The molecule has 0 saturated carbocycles. The highest BCUT2D eigenvalue weighted by atomic mass is 19.1. The van der Waals surface area contributed by atoms with Crippen LogP contribution in [0.1, 0.15) is 25.8 Å². The smallest absolute Gasteiger partial charge is 0.128 e. The molecule has 1 aliphatic rings. The van der Waals surface area contributed by atoms with E-state index in [0.717, 1.165) is 37.3 Å². The molecule has 2 rings (SSSR count). The van der Waals surface area contributed by atoms with Gasteiger partial charge in [-0.3, -0.25) is 0 Å². The molecule has 20 heavy (non-hydrogen) atoms. The first kappa shape index (κ1) is 15.3. The third-order valence-electron chi connectivity index (χ3n) is 4.22. The molecular weight excluding hydrogens is 253 g/mol. The van der Waals surface area contributed by atoms with Crippen molar-refractivity contribution in [3.8, 4) is 0 Å². The average molecular weight is 279 g/mol. The second-order valence-corrected chi connectivity index (χ2v) is 5.91. The van der Waals surface area contributed by atoms with Crippen LogP contribution < -0.4 is 10.6 Å². The van der Waals surface area contributed by atoms with Gasteiger partial charge in [0.2, 0.25) is 0 Å². The predicted octanol–water partition coefficient (Wildman–Crippen LogP) is 2.25. The van der Waals surface area contributed by atoms with Gasteiger partial charge in [-0.15, -0.1) is 0 Å². The van der Waals surface area contributed by atoms with E-state index in [-0.39, 0.29) is 11.9 Å². The van der Waals surface area contributed by atoms with Gasteiger partial charge in [0, 0.05) is 43.0 Å². The normalized spacial score (nSPS) is 22.1. The van der Waals surface area contributed by atoms with Crippen LogP contribution in [-0.2, 0) is 6.42 Å². The van der Waals surface area contributed by atoms with Crippen LogP contribution in [0.2, 0.25) is 0 Å². The maximum absolute atomic E-state index is 14.2. The maximum Gasteiger partial charge on any atom is 0.128 e. The Morgan fingerprint density at radius 2 is 2.15 bits per heavy atom. The fourth-order valence-electron chi connectivity index (χ4n) is 2.92. The molecule has 0 radical (unpaired) electrons. The fraction of sp³-hybridized carbons (Fsp3) is 0.625. The number of benzene rings is 1. The number of hydrogen-bond donors (Lipinski definition) is 1. The van der Waals surface area contributed by atoms with Gasteiger partial charge in [-0.1, -0.05) is 13.0 Å². The Balaban J connectivity index is 2.28. The zero-order chi connectivity index (χ0) is 14.7. The van der Waals surface area contributed by atoms with Crippen molar-refractivity contribution in [1.82, 2.24) is 4.90 Å². The highest BCUT2D eigenvalue weighted by Gasteiger charge is 2.25. The predicted molar refractivity (Wildman–Crippen MR) is 82.7 cm³/mol. The lowest BCUT2D eigenvalue weighted by atomic mass is 10.00. The van der Waals surface area contributed by atoms with Crippen molar-refractivity contribution in [1.29, 1.82) is 0 Å². The van der Waals surface area contributed by atoms with Crippen molar-refractivity contribution < 1.29 is 4.39 Å². The first-order valence-corrected chi connectivity index (χ1v) is 7.51. The standard InChI is InChI=1S/C16H26FN3/c1-4-13(18)10-14-15(17)6-5-7-16(14)20-9-8-19(3)11-12(20)2/h5-7,12-13H,4,8-11,18H2,1-3H3. The summed E-state index contributed by atoms with van der Waals surface area (Å²) in [7, 11) is 2.13. The van der Waals surface area contributed by atoms with Crippen molar-refractivity contribution in [2.75, 3.05) is 31.6 Å². The Morgan fingerprint density at radius 1 is 1.40 bits per heavy atom. The first-order valence-electron chi connectivity index (χ1n) is 7.51. The van der Waals surface area contributed by atoms with E-state index in [9.17, 15) is 4.39 Å². The van der Waals surface area contributed by atoms with Crippen LogP contribution in [0.25, 0.3) is 0 Å². The topological polar surface area (TPSA) is 32.5 Å². The number of hydrogen-bond acceptors (Lipinski definition) is 3. The van der Waals surface area contributed by atoms with Crippen molar-refractivity contribution in [2.45, 2.75) is 38.8 Å². The molecule has 3 nitrogen and oxygen atoms in total. The summed E-state index contributed by atoms with van der Waals surface area (Å²) in [5, 5.41) is 0. The molecular formula is C16H26FN3. The minimum Gasteiger partial charge on any atom is -0.366 e. The highest BCUT2D eigenvalue weighted by Crippen LogP contribution is 2.28. The van der Waals surface area contributed by atoms with Crippen molar-refractivity contribution in [3.63, 3.8) is 0 Å². The van der Waals surface area contributed by atoms with Crippen LogP contribution in [-0.4, -0.2) is 43.7 Å². The number of halogens is 1. The van der Waals surface area contributed by atoms with E-state index in [1.54, 1.807) is 12.1 Å². The molecule has 4 heteroatoms. The van der Waals surface area contributed by atoms with Gasteiger partial charge in [0.1, 0.15) is 5.82 Å². The molecule has 0 spiro atoms. The number of nitrogens with two attached hydrogens (primary N) is 1. The Hall–Kier alpha value is -1.13. The number of likely N-dealkylation sites (N-methyl/N-ethyl adjacent to an activating group) is 1. The zero-order valence-corrected chi connectivity index (χ0v) is 12.8. The molecule has 112 valence electrons. The van der Waals surface area contributed by atoms with E-state index in [1.165, 1.54) is 0 Å². The number of nitrogens with zero attached hydrogens (tertiary/aromatic N) is 2. The summed E-state index contributed by atoms with van der Waals surface area (Å²) in [6.45, 7) is 7.21. The number of piperazine rings is 1. The van der Waals surface area contributed by atoms with Gasteiger partial charge >= 0.3 is 0 Å². The van der Waals surface area contributed by atoms with E-state index in [2.05, 4.69) is 23.8 Å². The Labute approximate surface area is 121 Å². The van der Waals surface area contributed by atoms with Gasteiger partial charge in [0.05, 0.1) is 0 Å². The van der Waals surface area contributed by atoms with E-state index in [4.69, 9.17) is 5.73 Å². The summed E-state index contributed by atoms with van der Waals surface area (Å²) in [6.07, 6.45) is 1.48. The summed E-state index contributed by atoms with van der Waals surface area (Å²) in [5.41, 5.74) is 7.83. The third-order valence-corrected chi connectivity index (χ3v) is 4.22. The number of anilines is 1. The molecule has 2 unspecified atom stereocenters. The molecule has 0 aromatic heterocycles. The van der Waals surface area contributed by atoms with E-state index in [1.807, 2.05) is 13.0 Å². The molecule has 2 atom stereocenters. The molecule has 1 aromatic carbocycles. The minimum absolute atomic E-state index is 0.0217. The van der Waals surface area contributed by atoms with E-state index >= 15 is 0 Å². The summed E-state index contributed by atoms with van der Waals surface area (Å²) in [4.78, 5) is 4.64. The zero-order valence-electron chi connectivity index (χ0n) is 12.8. The van der Waals surface area contributed by atoms with Gasteiger partial charge in [0.15, 0.2) is 0 Å². The largest absolute Gasteiger partial charge is 0.366 e. The van der Waals surface area contributed by atoms with Crippen molar-refractivity contribution >= 4 is 5.69 Å². The molecule has 1 fully saturated rings. The summed E-state index contributed by atoms with van der Waals surface area (Å²) >= 11 is 0. The van der Waals surface area contributed by atoms with Crippen molar-refractivity contribution in [2.24, 2.45) is 5.73 Å². The molecule has 0 bridgehead atoms. The third kappa shape index (κ3) is 3.30. The maximum atomic E-state index is 14.2. The lowest BCUT2D eigenvalue weighted by molar-refractivity contribution is 0.275. The van der Waals surface area contributed by atoms with E-state index < -0.39 is 0 Å². The molecule has 1 aliphatic heterocycles. The van der Waals surface area contributed by atoms with Gasteiger partial charge in [-0.25, -0.2) is 4.39 Å². The SMILES string of the molecule is CCC(N)Cc1c(F)cccc1N1CCN(C)CC1C. The van der Waals surface area contributed by atoms with Crippen LogP contribution in [0.4, 0.5) is 10.1 Å². The molecule has 1 saturated heterocycles. The van der Waals surface area contributed by atoms with Crippen LogP contribution >= 0.6 is 0 Å². The molecule has 1 aromatic rings.